The number of carbonyl (C=O) groups excluding carboxylic acids is 1. The van der Waals surface area contributed by atoms with Crippen LogP contribution in [0.25, 0.3) is 0 Å². The van der Waals surface area contributed by atoms with Crippen LogP contribution in [0, 0.1) is 16.0 Å². The van der Waals surface area contributed by atoms with E-state index in [1.165, 1.54) is 30.4 Å². The van der Waals surface area contributed by atoms with E-state index in [1.54, 1.807) is 6.92 Å². The van der Waals surface area contributed by atoms with Crippen molar-refractivity contribution < 1.29 is 22.4 Å². The Labute approximate surface area is 144 Å². The summed E-state index contributed by atoms with van der Waals surface area (Å²) >= 11 is 0. The smallest absolute Gasteiger partial charge is 0.290 e. The Bertz CT molecular complexity index is 926. The first-order valence-electron chi connectivity index (χ1n) is 7.32. The van der Waals surface area contributed by atoms with Gasteiger partial charge in [-0.1, -0.05) is 25.1 Å². The van der Waals surface area contributed by atoms with Gasteiger partial charge in [-0.3, -0.25) is 19.2 Å². The Hall–Kier alpha value is -2.81. The third kappa shape index (κ3) is 4.18. The summed E-state index contributed by atoms with van der Waals surface area (Å²) in [7, 11) is -4.33. The molecule has 1 aromatic carbocycles. The van der Waals surface area contributed by atoms with Gasteiger partial charge in [0.05, 0.1) is 4.92 Å². The molecule has 0 N–H and O–H groups in total. The lowest BCUT2D eigenvalue weighted by Crippen LogP contribution is -2.17. The highest BCUT2D eigenvalue weighted by Gasteiger charge is 2.22. The van der Waals surface area contributed by atoms with Gasteiger partial charge in [-0.15, -0.1) is 0 Å². The number of benzene rings is 1. The molecule has 0 saturated carbocycles. The molecule has 0 heterocycles. The summed E-state index contributed by atoms with van der Waals surface area (Å²) in [4.78, 5) is 21.4. The molecule has 0 saturated heterocycles. The normalized spacial score (nSPS) is 16.6. The molecule has 9 heteroatoms. The molecule has 25 heavy (non-hydrogen) atoms. The van der Waals surface area contributed by atoms with Crippen LogP contribution in [0.2, 0.25) is 0 Å². The van der Waals surface area contributed by atoms with Gasteiger partial charge < -0.3 is 0 Å². The highest BCUT2D eigenvalue weighted by molar-refractivity contribution is 7.86. The van der Waals surface area contributed by atoms with E-state index in [-0.39, 0.29) is 28.0 Å². The number of carbonyl (C=O) groups is 1. The third-order valence-electron chi connectivity index (χ3n) is 3.50. The molecule has 1 aromatic rings. The van der Waals surface area contributed by atoms with Gasteiger partial charge in [0, 0.05) is 12.1 Å². The lowest BCUT2D eigenvalue weighted by Gasteiger charge is -2.15. The molecular weight excluding hydrogens is 348 g/mol. The molecule has 2 rings (SSSR count). The molecule has 0 fully saturated rings. The highest BCUT2D eigenvalue weighted by Crippen LogP contribution is 2.22. The molecule has 1 aliphatic rings. The van der Waals surface area contributed by atoms with Gasteiger partial charge in [0.2, 0.25) is 0 Å². The average Bonchev–Trinajstić information content (AvgIpc) is 2.55. The number of nitro benzene ring substituents is 1. The first-order valence-corrected chi connectivity index (χ1v) is 8.73. The second-order valence-corrected chi connectivity index (χ2v) is 7.23. The minimum Gasteiger partial charge on any atom is -0.290 e. The quantitative estimate of drug-likeness (QED) is 0.450. The molecule has 1 aliphatic carbocycles. The van der Waals surface area contributed by atoms with E-state index in [1.807, 2.05) is 13.8 Å². The molecule has 132 valence electrons. The number of rotatable bonds is 5. The summed E-state index contributed by atoms with van der Waals surface area (Å²) in [6, 6.07) is 4.47. The number of oxime groups is 1. The van der Waals surface area contributed by atoms with E-state index in [0.29, 0.717) is 11.1 Å². The number of non-ortho nitro benzene ring substituents is 1. The number of nitro groups is 1. The van der Waals surface area contributed by atoms with Crippen LogP contribution >= 0.6 is 0 Å². The zero-order chi connectivity index (χ0) is 18.8. The van der Waals surface area contributed by atoms with Crippen molar-refractivity contribution in [1.29, 1.82) is 0 Å². The fraction of sp³-hybridized carbons (Fsp3) is 0.250. The highest BCUT2D eigenvalue weighted by atomic mass is 32.2. The lowest BCUT2D eigenvalue weighted by molar-refractivity contribution is -0.385. The Kier molecular flexibility index (Phi) is 5.17. The van der Waals surface area contributed by atoms with E-state index < -0.39 is 15.0 Å². The topological polar surface area (TPSA) is 116 Å². The van der Waals surface area contributed by atoms with Gasteiger partial charge in [0.25, 0.3) is 5.69 Å². The lowest BCUT2D eigenvalue weighted by atomic mass is 9.90. The first kappa shape index (κ1) is 18.5. The minimum atomic E-state index is -4.33. The van der Waals surface area contributed by atoms with Crippen molar-refractivity contribution in [2.45, 2.75) is 25.7 Å². The van der Waals surface area contributed by atoms with E-state index >= 15 is 0 Å². The van der Waals surface area contributed by atoms with Crippen LogP contribution in [0.5, 0.6) is 0 Å². The summed E-state index contributed by atoms with van der Waals surface area (Å²) in [6.45, 7) is 5.25. The third-order valence-corrected chi connectivity index (χ3v) is 4.60. The van der Waals surface area contributed by atoms with Crippen molar-refractivity contribution in [1.82, 2.24) is 0 Å². The van der Waals surface area contributed by atoms with Crippen LogP contribution in [0.4, 0.5) is 5.69 Å². The molecule has 0 bridgehead atoms. The maximum absolute atomic E-state index is 12.2. The standard InChI is InChI=1S/C16H16N2O6S/c1-10(2)14-9-16(19)11(3)7-15(14)17-24-25(22,23)13-6-4-5-12(8-13)18(20)21/h4-10H,1-3H3/b17-15+. The van der Waals surface area contributed by atoms with Crippen LogP contribution in [-0.4, -0.2) is 24.8 Å². The van der Waals surface area contributed by atoms with Crippen molar-refractivity contribution in [3.8, 4) is 0 Å². The Balaban J connectivity index is 2.36. The number of hydrogen-bond donors (Lipinski definition) is 0. The Morgan fingerprint density at radius 2 is 1.92 bits per heavy atom. The van der Waals surface area contributed by atoms with Gasteiger partial charge in [-0.25, -0.2) is 0 Å². The van der Waals surface area contributed by atoms with Gasteiger partial charge in [0.15, 0.2) is 5.78 Å². The summed E-state index contributed by atoms with van der Waals surface area (Å²) in [5.74, 6) is -0.250. The van der Waals surface area contributed by atoms with Gasteiger partial charge in [0.1, 0.15) is 10.6 Å². The monoisotopic (exact) mass is 364 g/mol. The molecule has 0 aromatic heterocycles. The van der Waals surface area contributed by atoms with Crippen LogP contribution in [0.15, 0.2) is 57.6 Å². The van der Waals surface area contributed by atoms with Crippen molar-refractivity contribution in [2.24, 2.45) is 11.1 Å². The maximum atomic E-state index is 12.2. The number of hydrogen-bond acceptors (Lipinski definition) is 7. The van der Waals surface area contributed by atoms with Gasteiger partial charge >= 0.3 is 10.1 Å². The van der Waals surface area contributed by atoms with E-state index in [4.69, 9.17) is 4.28 Å². The van der Waals surface area contributed by atoms with Gasteiger partial charge in [-0.05, 0) is 42.2 Å². The second kappa shape index (κ2) is 6.98. The first-order chi connectivity index (χ1) is 11.6. The zero-order valence-corrected chi connectivity index (χ0v) is 14.6. The maximum Gasteiger partial charge on any atom is 0.358 e. The molecule has 0 aliphatic heterocycles. The fourth-order valence-electron chi connectivity index (χ4n) is 2.11. The van der Waals surface area contributed by atoms with Crippen LogP contribution in [-0.2, 0) is 19.2 Å². The Morgan fingerprint density at radius 3 is 2.52 bits per heavy atom. The van der Waals surface area contributed by atoms with E-state index in [9.17, 15) is 23.3 Å². The predicted octanol–water partition coefficient (Wildman–Crippen LogP) is 2.77. The number of ketones is 1. The number of nitrogens with zero attached hydrogens (tertiary/aromatic N) is 2. The minimum absolute atomic E-state index is 0.0730. The van der Waals surface area contributed by atoms with Crippen molar-refractivity contribution in [3.63, 3.8) is 0 Å². The number of allylic oxidation sites excluding steroid dienone is 4. The van der Waals surface area contributed by atoms with Crippen LogP contribution in [0.1, 0.15) is 20.8 Å². The Morgan fingerprint density at radius 1 is 1.24 bits per heavy atom. The molecular formula is C16H16N2O6S. The van der Waals surface area contributed by atoms with E-state index in [2.05, 4.69) is 5.16 Å². The van der Waals surface area contributed by atoms with Gasteiger partial charge in [-0.2, -0.15) is 8.42 Å². The fourth-order valence-corrected chi connectivity index (χ4v) is 2.89. The molecule has 0 spiro atoms. The molecule has 0 atom stereocenters. The van der Waals surface area contributed by atoms with Crippen LogP contribution < -0.4 is 0 Å². The van der Waals surface area contributed by atoms with Crippen LogP contribution in [0.3, 0.4) is 0 Å². The average molecular weight is 364 g/mol. The summed E-state index contributed by atoms with van der Waals surface area (Å²) in [6.07, 6.45) is 2.84. The molecule has 0 radical (unpaired) electrons. The molecule has 0 amide bonds. The van der Waals surface area contributed by atoms with Crippen molar-refractivity contribution in [2.75, 3.05) is 0 Å². The second-order valence-electron chi connectivity index (χ2n) is 5.71. The van der Waals surface area contributed by atoms with Crippen molar-refractivity contribution in [3.05, 3.63) is 57.7 Å². The predicted molar refractivity (Wildman–Crippen MR) is 90.5 cm³/mol. The van der Waals surface area contributed by atoms with E-state index in [0.717, 1.165) is 6.07 Å². The van der Waals surface area contributed by atoms with Crippen molar-refractivity contribution >= 4 is 27.3 Å². The summed E-state index contributed by atoms with van der Waals surface area (Å²) in [5.41, 5.74) is 0.796. The largest absolute Gasteiger partial charge is 0.358 e. The molecule has 8 nitrogen and oxygen atoms in total. The SMILES string of the molecule is CC1=C/C(=N\OS(=O)(=O)c2cccc([N+](=O)[O-])c2)C(C(C)C)=CC1=O. The summed E-state index contributed by atoms with van der Waals surface area (Å²) < 4.78 is 29.1. The summed E-state index contributed by atoms with van der Waals surface area (Å²) in [5, 5.41) is 14.4. The zero-order valence-electron chi connectivity index (χ0n) is 13.8. The molecule has 0 unspecified atom stereocenters.